The zero-order chi connectivity index (χ0) is 23.0. The van der Waals surface area contributed by atoms with E-state index in [0.717, 1.165) is 0 Å². The molecule has 4 nitrogen and oxygen atoms in total. The van der Waals surface area contributed by atoms with Gasteiger partial charge in [0, 0.05) is 12.0 Å². The van der Waals surface area contributed by atoms with Gasteiger partial charge in [-0.3, -0.25) is 4.79 Å². The Morgan fingerprint density at radius 1 is 0.969 bits per heavy atom. The standard InChI is InChI=1S/C23H19F5O4/c1-30-16-5-3-2-4-12(16)14-9-32-17-8-11(6-7-13(17)23(14)29)31-10-15-18(24)20(26)22(28)21(27)19(15)25/h2-5,9,11,13,17H,6-8,10H2,1H3. The van der Waals surface area contributed by atoms with Gasteiger partial charge in [0.2, 0.25) is 5.82 Å². The van der Waals surface area contributed by atoms with Crippen molar-refractivity contribution in [3.05, 3.63) is 70.7 Å². The first-order valence-electron chi connectivity index (χ1n) is 9.98. The minimum atomic E-state index is -2.21. The molecule has 32 heavy (non-hydrogen) atoms. The second-order valence-corrected chi connectivity index (χ2v) is 7.67. The molecule has 170 valence electrons. The molecular formula is C23H19F5O4. The van der Waals surface area contributed by atoms with E-state index in [1.807, 2.05) is 0 Å². The summed E-state index contributed by atoms with van der Waals surface area (Å²) in [6.07, 6.45) is 1.27. The van der Waals surface area contributed by atoms with Crippen LogP contribution in [0, 0.1) is 35.0 Å². The SMILES string of the molecule is COc1ccccc1C1=COC2CC(OCc3c(F)c(F)c(F)c(F)c3F)CCC2C1=O. The van der Waals surface area contributed by atoms with Gasteiger partial charge in [0.25, 0.3) is 0 Å². The number of hydrogen-bond donors (Lipinski definition) is 0. The molecule has 1 saturated carbocycles. The number of Topliss-reactive ketones (excluding diaryl/α,β-unsaturated/α-hetero) is 1. The molecule has 9 heteroatoms. The maximum atomic E-state index is 13.9. The van der Waals surface area contributed by atoms with Crippen LogP contribution < -0.4 is 4.74 Å². The molecule has 3 unspecified atom stereocenters. The third-order valence-electron chi connectivity index (χ3n) is 5.87. The van der Waals surface area contributed by atoms with Crippen molar-refractivity contribution in [3.63, 3.8) is 0 Å². The number of carbonyl (C=O) groups is 1. The summed E-state index contributed by atoms with van der Waals surface area (Å²) in [7, 11) is 1.50. The lowest BCUT2D eigenvalue weighted by atomic mass is 9.77. The number of ketones is 1. The van der Waals surface area contributed by atoms with Crippen molar-refractivity contribution in [2.75, 3.05) is 7.11 Å². The van der Waals surface area contributed by atoms with Crippen molar-refractivity contribution < 1.29 is 41.0 Å². The Hall–Kier alpha value is -2.94. The van der Waals surface area contributed by atoms with Gasteiger partial charge in [-0.15, -0.1) is 0 Å². The lowest BCUT2D eigenvalue weighted by Gasteiger charge is -2.37. The zero-order valence-corrected chi connectivity index (χ0v) is 17.0. The summed E-state index contributed by atoms with van der Waals surface area (Å²) in [5, 5.41) is 0. The number of halogens is 5. The normalized spacial score (nSPS) is 22.8. The van der Waals surface area contributed by atoms with Gasteiger partial charge >= 0.3 is 0 Å². The van der Waals surface area contributed by atoms with E-state index in [9.17, 15) is 26.7 Å². The van der Waals surface area contributed by atoms with Crippen molar-refractivity contribution >= 4 is 11.4 Å². The van der Waals surface area contributed by atoms with Gasteiger partial charge in [0.15, 0.2) is 29.1 Å². The second-order valence-electron chi connectivity index (χ2n) is 7.67. The third kappa shape index (κ3) is 3.85. The van der Waals surface area contributed by atoms with Crippen LogP contribution in [0.5, 0.6) is 5.75 Å². The summed E-state index contributed by atoms with van der Waals surface area (Å²) < 4.78 is 84.2. The number of hydrogen-bond acceptors (Lipinski definition) is 4. The molecule has 0 spiro atoms. The molecule has 2 aliphatic rings. The fourth-order valence-electron chi connectivity index (χ4n) is 4.15. The first-order valence-corrected chi connectivity index (χ1v) is 9.98. The van der Waals surface area contributed by atoms with Crippen LogP contribution >= 0.6 is 0 Å². The van der Waals surface area contributed by atoms with Gasteiger partial charge in [-0.2, -0.15) is 0 Å². The number of fused-ring (bicyclic) bond motifs is 1. The Morgan fingerprint density at radius 2 is 1.62 bits per heavy atom. The van der Waals surface area contributed by atoms with E-state index in [1.165, 1.54) is 13.4 Å². The predicted molar refractivity (Wildman–Crippen MR) is 103 cm³/mol. The molecule has 0 bridgehead atoms. The number of allylic oxidation sites excluding steroid dienone is 1. The molecule has 1 aliphatic carbocycles. The van der Waals surface area contributed by atoms with Crippen LogP contribution in [0.15, 0.2) is 30.5 Å². The first-order chi connectivity index (χ1) is 15.3. The fraction of sp³-hybridized carbons (Fsp3) is 0.348. The lowest BCUT2D eigenvalue weighted by Crippen LogP contribution is -2.41. The van der Waals surface area contributed by atoms with E-state index < -0.39 is 59.4 Å². The molecule has 3 atom stereocenters. The maximum Gasteiger partial charge on any atom is 0.200 e. The molecule has 0 saturated heterocycles. The molecule has 1 aliphatic heterocycles. The number of para-hydroxylation sites is 1. The van der Waals surface area contributed by atoms with Gasteiger partial charge < -0.3 is 14.2 Å². The molecule has 0 amide bonds. The van der Waals surface area contributed by atoms with E-state index in [-0.39, 0.29) is 12.2 Å². The minimum Gasteiger partial charge on any atom is -0.496 e. The summed E-state index contributed by atoms with van der Waals surface area (Å²) in [6, 6.07) is 7.06. The summed E-state index contributed by atoms with van der Waals surface area (Å²) in [6.45, 7) is -0.788. The topological polar surface area (TPSA) is 44.8 Å². The largest absolute Gasteiger partial charge is 0.496 e. The number of carbonyl (C=O) groups excluding carboxylic acids is 1. The molecule has 1 heterocycles. The van der Waals surface area contributed by atoms with Crippen LogP contribution in [0.2, 0.25) is 0 Å². The van der Waals surface area contributed by atoms with Gasteiger partial charge in [-0.05, 0) is 18.9 Å². The van der Waals surface area contributed by atoms with Gasteiger partial charge in [-0.25, -0.2) is 22.0 Å². The molecule has 0 aromatic heterocycles. The van der Waals surface area contributed by atoms with E-state index in [1.54, 1.807) is 24.3 Å². The Labute approximate surface area is 180 Å². The van der Waals surface area contributed by atoms with E-state index in [4.69, 9.17) is 14.2 Å². The fourth-order valence-corrected chi connectivity index (χ4v) is 4.15. The smallest absolute Gasteiger partial charge is 0.200 e. The van der Waals surface area contributed by atoms with Crippen molar-refractivity contribution in [1.82, 2.24) is 0 Å². The second kappa shape index (κ2) is 8.90. The Morgan fingerprint density at radius 3 is 2.31 bits per heavy atom. The molecule has 0 radical (unpaired) electrons. The first kappa shape index (κ1) is 22.3. The molecule has 4 rings (SSSR count). The van der Waals surface area contributed by atoms with Crippen LogP contribution in [0.3, 0.4) is 0 Å². The Balaban J connectivity index is 1.46. The average Bonchev–Trinajstić information content (AvgIpc) is 2.81. The van der Waals surface area contributed by atoms with Crippen LogP contribution in [0.4, 0.5) is 22.0 Å². The lowest BCUT2D eigenvalue weighted by molar-refractivity contribution is -0.128. The van der Waals surface area contributed by atoms with Crippen molar-refractivity contribution in [2.45, 2.75) is 38.1 Å². The number of rotatable bonds is 5. The van der Waals surface area contributed by atoms with Crippen molar-refractivity contribution in [3.8, 4) is 5.75 Å². The molecular weight excluding hydrogens is 435 g/mol. The van der Waals surface area contributed by atoms with Gasteiger partial charge in [-0.1, -0.05) is 18.2 Å². The molecule has 1 fully saturated rings. The maximum absolute atomic E-state index is 13.9. The van der Waals surface area contributed by atoms with Gasteiger partial charge in [0.05, 0.1) is 43.1 Å². The van der Waals surface area contributed by atoms with Crippen molar-refractivity contribution in [2.24, 2.45) is 5.92 Å². The average molecular weight is 454 g/mol. The Kier molecular flexibility index (Phi) is 6.19. The van der Waals surface area contributed by atoms with Crippen LogP contribution in [0.1, 0.15) is 30.4 Å². The van der Waals surface area contributed by atoms with Crippen molar-refractivity contribution in [1.29, 1.82) is 0 Å². The monoisotopic (exact) mass is 454 g/mol. The van der Waals surface area contributed by atoms with Crippen LogP contribution in [-0.2, 0) is 20.9 Å². The third-order valence-corrected chi connectivity index (χ3v) is 5.87. The summed E-state index contributed by atoms with van der Waals surface area (Å²) in [5.41, 5.74) is -0.0184. The van der Waals surface area contributed by atoms with E-state index in [0.29, 0.717) is 29.7 Å². The highest BCUT2D eigenvalue weighted by molar-refractivity contribution is 6.22. The zero-order valence-electron chi connectivity index (χ0n) is 17.0. The summed E-state index contributed by atoms with van der Waals surface area (Å²) in [5.74, 6) is -10.1. The van der Waals surface area contributed by atoms with E-state index >= 15 is 0 Å². The number of methoxy groups -OCH3 is 1. The van der Waals surface area contributed by atoms with Crippen LogP contribution in [-0.4, -0.2) is 25.1 Å². The molecule has 0 N–H and O–H groups in total. The highest BCUT2D eigenvalue weighted by Crippen LogP contribution is 2.39. The number of benzene rings is 2. The molecule has 2 aromatic rings. The van der Waals surface area contributed by atoms with Crippen LogP contribution in [0.25, 0.3) is 5.57 Å². The van der Waals surface area contributed by atoms with Gasteiger partial charge in [0.1, 0.15) is 11.9 Å². The quantitative estimate of drug-likeness (QED) is 0.359. The highest BCUT2D eigenvalue weighted by atomic mass is 19.2. The Bertz CT molecular complexity index is 1060. The van der Waals surface area contributed by atoms with E-state index in [2.05, 4.69) is 0 Å². The molecule has 2 aromatic carbocycles. The summed E-state index contributed by atoms with van der Waals surface area (Å²) in [4.78, 5) is 13.0. The predicted octanol–water partition coefficient (Wildman–Crippen LogP) is 5.09. The summed E-state index contributed by atoms with van der Waals surface area (Å²) >= 11 is 0. The number of ether oxygens (including phenoxy) is 3. The highest BCUT2D eigenvalue weighted by Gasteiger charge is 2.41. The minimum absolute atomic E-state index is 0.107.